The van der Waals surface area contributed by atoms with Gasteiger partial charge in [-0.1, -0.05) is 30.3 Å². The first-order chi connectivity index (χ1) is 10.1. The van der Waals surface area contributed by atoms with E-state index >= 15 is 0 Å². The summed E-state index contributed by atoms with van der Waals surface area (Å²) in [6.45, 7) is 2.05. The van der Waals surface area contributed by atoms with E-state index in [1.165, 1.54) is 11.5 Å². The van der Waals surface area contributed by atoms with E-state index in [1.807, 2.05) is 37.3 Å². The molecule has 5 nitrogen and oxygen atoms in total. The summed E-state index contributed by atoms with van der Waals surface area (Å²) in [6, 6.07) is 10.5. The molecule has 3 rings (SSSR count). The molecule has 1 aromatic heterocycles. The number of nitrogens with zero attached hydrogens (tertiary/aromatic N) is 1. The van der Waals surface area contributed by atoms with Crippen LogP contribution in [0.3, 0.4) is 0 Å². The van der Waals surface area contributed by atoms with Gasteiger partial charge in [-0.2, -0.15) is 4.37 Å². The lowest BCUT2D eigenvalue weighted by molar-refractivity contribution is 0.0953. The van der Waals surface area contributed by atoms with Gasteiger partial charge in [-0.25, -0.2) is 0 Å². The average molecular weight is 302 g/mol. The van der Waals surface area contributed by atoms with Crippen LogP contribution in [0.25, 0.3) is 0 Å². The predicted molar refractivity (Wildman–Crippen MR) is 85.5 cm³/mol. The zero-order valence-corrected chi connectivity index (χ0v) is 12.6. The van der Waals surface area contributed by atoms with Crippen molar-refractivity contribution in [2.24, 2.45) is 0 Å². The molecule has 1 fully saturated rings. The van der Waals surface area contributed by atoms with Crippen LogP contribution in [-0.2, 0) is 0 Å². The number of nitrogen functional groups attached to an aromatic ring is 1. The van der Waals surface area contributed by atoms with Gasteiger partial charge in [0.05, 0.1) is 0 Å². The van der Waals surface area contributed by atoms with Crippen LogP contribution in [0.15, 0.2) is 30.3 Å². The number of carbonyl (C=O) groups excluding carboxylic acids is 1. The lowest BCUT2D eigenvalue weighted by atomic mass is 10.1. The standard InChI is InChI=1S/C15H18N4OS/c1-9(10-5-3-2-4-6-10)17-15-12(13(16)19-21-15)14(20)18-11-7-8-11/h2-6,9,11,17H,7-8H2,1H3,(H2,16,19)(H,18,20). The smallest absolute Gasteiger partial charge is 0.258 e. The monoisotopic (exact) mass is 302 g/mol. The van der Waals surface area contributed by atoms with Gasteiger partial charge >= 0.3 is 0 Å². The molecule has 1 amide bonds. The minimum Gasteiger partial charge on any atom is -0.382 e. The number of benzene rings is 1. The number of amides is 1. The highest BCUT2D eigenvalue weighted by atomic mass is 32.1. The Kier molecular flexibility index (Phi) is 3.79. The first-order valence-corrected chi connectivity index (χ1v) is 7.80. The van der Waals surface area contributed by atoms with E-state index in [9.17, 15) is 4.79 Å². The maximum atomic E-state index is 12.3. The third-order valence-electron chi connectivity index (χ3n) is 3.51. The third kappa shape index (κ3) is 3.16. The first kappa shape index (κ1) is 13.9. The Hall–Kier alpha value is -2.08. The second-order valence-electron chi connectivity index (χ2n) is 5.30. The Balaban J connectivity index is 1.77. The van der Waals surface area contributed by atoms with E-state index in [2.05, 4.69) is 15.0 Å². The van der Waals surface area contributed by atoms with Crippen LogP contribution < -0.4 is 16.4 Å². The molecule has 6 heteroatoms. The fourth-order valence-corrected chi connectivity index (χ4v) is 2.93. The Morgan fingerprint density at radius 3 is 2.76 bits per heavy atom. The topological polar surface area (TPSA) is 80.0 Å². The summed E-state index contributed by atoms with van der Waals surface area (Å²) in [5.41, 5.74) is 7.47. The third-order valence-corrected chi connectivity index (χ3v) is 4.30. The van der Waals surface area contributed by atoms with Crippen molar-refractivity contribution in [2.45, 2.75) is 31.8 Å². The molecule has 1 aromatic carbocycles. The number of nitrogens with one attached hydrogen (secondary N) is 2. The molecule has 1 aliphatic rings. The minimum atomic E-state index is -0.133. The molecule has 1 aliphatic carbocycles. The second-order valence-corrected chi connectivity index (χ2v) is 6.07. The molecule has 0 radical (unpaired) electrons. The van der Waals surface area contributed by atoms with E-state index in [-0.39, 0.29) is 11.9 Å². The summed E-state index contributed by atoms with van der Waals surface area (Å²) in [6.07, 6.45) is 2.10. The predicted octanol–water partition coefficient (Wildman–Crippen LogP) is 2.79. The van der Waals surface area contributed by atoms with E-state index in [4.69, 9.17) is 5.73 Å². The summed E-state index contributed by atoms with van der Waals surface area (Å²) < 4.78 is 4.11. The van der Waals surface area contributed by atoms with Gasteiger partial charge in [0.1, 0.15) is 10.6 Å². The molecular formula is C15H18N4OS. The molecule has 4 N–H and O–H groups in total. The van der Waals surface area contributed by atoms with Crippen LogP contribution >= 0.6 is 11.5 Å². The number of anilines is 2. The van der Waals surface area contributed by atoms with E-state index in [0.29, 0.717) is 17.4 Å². The van der Waals surface area contributed by atoms with Crippen molar-refractivity contribution >= 4 is 28.3 Å². The number of rotatable bonds is 5. The zero-order chi connectivity index (χ0) is 14.8. The minimum absolute atomic E-state index is 0.0820. The normalized spacial score (nSPS) is 15.5. The van der Waals surface area contributed by atoms with Crippen LogP contribution in [0.2, 0.25) is 0 Å². The molecule has 0 aliphatic heterocycles. The van der Waals surface area contributed by atoms with Crippen LogP contribution in [0, 0.1) is 0 Å². The number of hydrogen-bond acceptors (Lipinski definition) is 5. The number of nitrogens with two attached hydrogens (primary N) is 1. The Morgan fingerprint density at radius 1 is 1.38 bits per heavy atom. The Morgan fingerprint density at radius 2 is 2.10 bits per heavy atom. The average Bonchev–Trinajstić information content (AvgIpc) is 3.22. The summed E-state index contributed by atoms with van der Waals surface area (Å²) in [7, 11) is 0. The quantitative estimate of drug-likeness (QED) is 0.793. The molecule has 1 atom stereocenters. The van der Waals surface area contributed by atoms with Crippen LogP contribution in [0.5, 0.6) is 0 Å². The van der Waals surface area contributed by atoms with Crippen LogP contribution in [-0.4, -0.2) is 16.3 Å². The van der Waals surface area contributed by atoms with Crippen molar-refractivity contribution < 1.29 is 4.79 Å². The molecule has 21 heavy (non-hydrogen) atoms. The van der Waals surface area contributed by atoms with Gasteiger partial charge in [-0.15, -0.1) is 0 Å². The van der Waals surface area contributed by atoms with Gasteiger partial charge in [0, 0.05) is 12.1 Å². The van der Waals surface area contributed by atoms with Crippen LogP contribution in [0.1, 0.15) is 41.7 Å². The van der Waals surface area contributed by atoms with Gasteiger partial charge in [0.15, 0.2) is 5.82 Å². The molecule has 0 saturated heterocycles. The molecule has 2 aromatic rings. The largest absolute Gasteiger partial charge is 0.382 e. The highest BCUT2D eigenvalue weighted by molar-refractivity contribution is 7.11. The first-order valence-electron chi connectivity index (χ1n) is 7.02. The maximum absolute atomic E-state index is 12.3. The lowest BCUT2D eigenvalue weighted by Gasteiger charge is -2.15. The fraction of sp³-hybridized carbons (Fsp3) is 0.333. The van der Waals surface area contributed by atoms with E-state index in [1.54, 1.807) is 0 Å². The maximum Gasteiger partial charge on any atom is 0.258 e. The Labute approximate surface area is 127 Å². The molecule has 0 bridgehead atoms. The number of aromatic nitrogens is 1. The summed E-state index contributed by atoms with van der Waals surface area (Å²) in [4.78, 5) is 12.3. The molecule has 110 valence electrons. The van der Waals surface area contributed by atoms with E-state index < -0.39 is 0 Å². The van der Waals surface area contributed by atoms with Gasteiger partial charge in [0.25, 0.3) is 5.91 Å². The molecule has 1 unspecified atom stereocenters. The molecule has 0 spiro atoms. The molecular weight excluding hydrogens is 284 g/mol. The van der Waals surface area contributed by atoms with Crippen molar-refractivity contribution in [3.05, 3.63) is 41.5 Å². The summed E-state index contributed by atoms with van der Waals surface area (Å²) in [5, 5.41) is 7.02. The van der Waals surface area contributed by atoms with Crippen molar-refractivity contribution in [3.8, 4) is 0 Å². The van der Waals surface area contributed by atoms with Gasteiger partial charge < -0.3 is 16.4 Å². The van der Waals surface area contributed by atoms with Crippen molar-refractivity contribution in [1.82, 2.24) is 9.69 Å². The SMILES string of the molecule is CC(Nc1snc(N)c1C(=O)NC1CC1)c1ccccc1. The highest BCUT2D eigenvalue weighted by Crippen LogP contribution is 2.31. The van der Waals surface area contributed by atoms with E-state index in [0.717, 1.165) is 23.4 Å². The second kappa shape index (κ2) is 5.73. The highest BCUT2D eigenvalue weighted by Gasteiger charge is 2.27. The van der Waals surface area contributed by atoms with Gasteiger partial charge in [-0.3, -0.25) is 4.79 Å². The van der Waals surface area contributed by atoms with Crippen molar-refractivity contribution in [1.29, 1.82) is 0 Å². The Bertz CT molecular complexity index is 636. The van der Waals surface area contributed by atoms with Gasteiger partial charge in [0.2, 0.25) is 0 Å². The summed E-state index contributed by atoms with van der Waals surface area (Å²) in [5.74, 6) is 0.160. The van der Waals surface area contributed by atoms with Crippen molar-refractivity contribution in [3.63, 3.8) is 0 Å². The molecule has 1 heterocycles. The fourth-order valence-electron chi connectivity index (χ4n) is 2.13. The number of hydrogen-bond donors (Lipinski definition) is 3. The van der Waals surface area contributed by atoms with Crippen LogP contribution in [0.4, 0.5) is 10.8 Å². The van der Waals surface area contributed by atoms with Crippen molar-refractivity contribution in [2.75, 3.05) is 11.1 Å². The molecule has 1 saturated carbocycles. The number of carbonyl (C=O) groups is 1. The lowest BCUT2D eigenvalue weighted by Crippen LogP contribution is -2.26. The zero-order valence-electron chi connectivity index (χ0n) is 11.8. The van der Waals surface area contributed by atoms with Gasteiger partial charge in [-0.05, 0) is 36.9 Å². The summed E-state index contributed by atoms with van der Waals surface area (Å²) >= 11 is 1.23.